The number of hydrogen-bond donors (Lipinski definition) is 2. The first-order valence-electron chi connectivity index (χ1n) is 8.30. The van der Waals surface area contributed by atoms with Gasteiger partial charge in [0.25, 0.3) is 0 Å². The fraction of sp³-hybridized carbons (Fsp3) is 0.611. The summed E-state index contributed by atoms with van der Waals surface area (Å²) in [6.45, 7) is 5.92. The van der Waals surface area contributed by atoms with E-state index >= 15 is 0 Å². The predicted octanol–water partition coefficient (Wildman–Crippen LogP) is 0.932. The molecule has 25 heavy (non-hydrogen) atoms. The molecular formula is C18H26O7. The molecule has 0 aliphatic heterocycles. The second-order valence-corrected chi connectivity index (χ2v) is 6.24. The van der Waals surface area contributed by atoms with Crippen LogP contribution < -0.4 is 0 Å². The Bertz CT molecular complexity index is 574. The minimum absolute atomic E-state index is 0.0485. The van der Waals surface area contributed by atoms with Gasteiger partial charge < -0.3 is 19.7 Å². The van der Waals surface area contributed by atoms with Gasteiger partial charge in [-0.3, -0.25) is 9.59 Å². The topological polar surface area (TPSA) is 110 Å². The smallest absolute Gasteiger partial charge is 0.334 e. The van der Waals surface area contributed by atoms with E-state index in [0.717, 1.165) is 0 Å². The average Bonchev–Trinajstić information content (AvgIpc) is 2.56. The second kappa shape index (κ2) is 9.48. The van der Waals surface area contributed by atoms with Crippen molar-refractivity contribution in [1.29, 1.82) is 0 Å². The molecule has 7 heteroatoms. The molecule has 0 fully saturated rings. The fourth-order valence-corrected chi connectivity index (χ4v) is 2.69. The quantitative estimate of drug-likeness (QED) is 0.517. The minimum Gasteiger partial charge on any atom is -0.458 e. The Hall–Kier alpha value is -1.99. The van der Waals surface area contributed by atoms with Gasteiger partial charge in [0.15, 0.2) is 6.10 Å². The molecule has 1 aliphatic rings. The molecule has 0 bridgehead atoms. The lowest BCUT2D eigenvalue weighted by molar-refractivity contribution is -0.165. The van der Waals surface area contributed by atoms with Crippen LogP contribution in [-0.4, -0.2) is 53.4 Å². The summed E-state index contributed by atoms with van der Waals surface area (Å²) in [5.41, 5.74) is 0.215. The molecule has 0 heterocycles. The van der Waals surface area contributed by atoms with Crippen molar-refractivity contribution >= 4 is 17.7 Å². The van der Waals surface area contributed by atoms with Gasteiger partial charge in [-0.25, -0.2) is 4.79 Å². The van der Waals surface area contributed by atoms with Crippen LogP contribution in [0.3, 0.4) is 0 Å². The number of carbonyl (C=O) groups excluding carboxylic acids is 3. The van der Waals surface area contributed by atoms with Crippen molar-refractivity contribution in [2.45, 2.75) is 46.3 Å². The Labute approximate surface area is 147 Å². The van der Waals surface area contributed by atoms with E-state index in [4.69, 9.17) is 14.6 Å². The zero-order valence-corrected chi connectivity index (χ0v) is 15.0. The fourth-order valence-electron chi connectivity index (χ4n) is 2.69. The normalized spacial score (nSPS) is 24.1. The molecule has 0 radical (unpaired) electrons. The van der Waals surface area contributed by atoms with Crippen LogP contribution in [0.5, 0.6) is 0 Å². The molecule has 0 saturated carbocycles. The van der Waals surface area contributed by atoms with Gasteiger partial charge in [0.1, 0.15) is 6.10 Å². The van der Waals surface area contributed by atoms with Crippen LogP contribution in [0.1, 0.15) is 34.1 Å². The van der Waals surface area contributed by atoms with Gasteiger partial charge in [-0.05, 0) is 25.0 Å². The molecule has 0 aromatic heterocycles. The Morgan fingerprint density at radius 1 is 1.28 bits per heavy atom. The summed E-state index contributed by atoms with van der Waals surface area (Å²) in [6.07, 6.45) is 0.933. The maximum absolute atomic E-state index is 12.6. The third-order valence-electron chi connectivity index (χ3n) is 4.12. The van der Waals surface area contributed by atoms with Crippen molar-refractivity contribution in [3.63, 3.8) is 0 Å². The predicted molar refractivity (Wildman–Crippen MR) is 89.4 cm³/mol. The second-order valence-electron chi connectivity index (χ2n) is 6.24. The van der Waals surface area contributed by atoms with Crippen LogP contribution in [0.4, 0.5) is 0 Å². The highest BCUT2D eigenvalue weighted by Crippen LogP contribution is 2.32. The monoisotopic (exact) mass is 354 g/mol. The molecule has 3 atom stereocenters. The van der Waals surface area contributed by atoms with Gasteiger partial charge in [0.2, 0.25) is 5.78 Å². The highest BCUT2D eigenvalue weighted by Gasteiger charge is 2.45. The lowest BCUT2D eigenvalue weighted by Gasteiger charge is -2.37. The van der Waals surface area contributed by atoms with Gasteiger partial charge in [-0.15, -0.1) is 0 Å². The summed E-state index contributed by atoms with van der Waals surface area (Å²) in [5, 5.41) is 18.3. The molecule has 7 nitrogen and oxygen atoms in total. The van der Waals surface area contributed by atoms with Crippen molar-refractivity contribution in [3.05, 3.63) is 23.3 Å². The van der Waals surface area contributed by atoms with Crippen molar-refractivity contribution < 1.29 is 34.1 Å². The third kappa shape index (κ3) is 5.24. The Morgan fingerprint density at radius 3 is 2.40 bits per heavy atom. The van der Waals surface area contributed by atoms with E-state index in [-0.39, 0.29) is 30.1 Å². The van der Waals surface area contributed by atoms with Crippen LogP contribution >= 0.6 is 0 Å². The molecule has 2 N–H and O–H groups in total. The molecule has 0 aromatic rings. The van der Waals surface area contributed by atoms with Crippen molar-refractivity contribution in [2.24, 2.45) is 11.8 Å². The zero-order chi connectivity index (χ0) is 19.1. The first-order valence-corrected chi connectivity index (χ1v) is 8.30. The molecule has 1 aliphatic carbocycles. The average molecular weight is 354 g/mol. The van der Waals surface area contributed by atoms with Crippen LogP contribution in [0, 0.1) is 11.8 Å². The molecule has 0 saturated heterocycles. The number of aliphatic hydroxyl groups is 2. The molecule has 140 valence electrons. The lowest BCUT2D eigenvalue weighted by Crippen LogP contribution is -2.48. The van der Waals surface area contributed by atoms with E-state index in [1.54, 1.807) is 6.92 Å². The summed E-state index contributed by atoms with van der Waals surface area (Å²) in [5.74, 6) is -2.38. The minimum atomic E-state index is -1.17. The molecular weight excluding hydrogens is 328 g/mol. The Morgan fingerprint density at radius 2 is 1.92 bits per heavy atom. The highest BCUT2D eigenvalue weighted by molar-refractivity contribution is 6.02. The van der Waals surface area contributed by atoms with Crippen molar-refractivity contribution in [3.8, 4) is 0 Å². The van der Waals surface area contributed by atoms with Crippen LogP contribution in [0.15, 0.2) is 23.3 Å². The Kier molecular flexibility index (Phi) is 7.99. The number of rotatable bonds is 7. The number of aliphatic hydroxyl groups excluding tert-OH is 2. The summed E-state index contributed by atoms with van der Waals surface area (Å²) >= 11 is 0. The van der Waals surface area contributed by atoms with Gasteiger partial charge in [0.05, 0.1) is 13.2 Å². The molecule has 0 amide bonds. The van der Waals surface area contributed by atoms with E-state index in [0.29, 0.717) is 0 Å². The highest BCUT2D eigenvalue weighted by atomic mass is 16.6. The molecule has 0 aromatic carbocycles. The van der Waals surface area contributed by atoms with Crippen LogP contribution in [0.25, 0.3) is 0 Å². The summed E-state index contributed by atoms with van der Waals surface area (Å²) in [4.78, 5) is 36.4. The first kappa shape index (κ1) is 21.1. The summed E-state index contributed by atoms with van der Waals surface area (Å²) < 4.78 is 10.7. The van der Waals surface area contributed by atoms with Gasteiger partial charge >= 0.3 is 11.9 Å². The summed E-state index contributed by atoms with van der Waals surface area (Å²) in [7, 11) is 0. The van der Waals surface area contributed by atoms with Gasteiger partial charge in [-0.1, -0.05) is 20.8 Å². The molecule has 0 spiro atoms. The number of carbonyl (C=O) groups is 3. The molecule has 0 unspecified atom stereocenters. The third-order valence-corrected chi connectivity index (χ3v) is 4.12. The van der Waals surface area contributed by atoms with Gasteiger partial charge in [0, 0.05) is 23.5 Å². The largest absolute Gasteiger partial charge is 0.458 e. The van der Waals surface area contributed by atoms with Gasteiger partial charge in [-0.2, -0.15) is 0 Å². The van der Waals surface area contributed by atoms with E-state index in [2.05, 4.69) is 0 Å². The van der Waals surface area contributed by atoms with E-state index < -0.39 is 42.5 Å². The molecule has 1 rings (SSSR count). The van der Waals surface area contributed by atoms with Crippen molar-refractivity contribution in [1.82, 2.24) is 0 Å². The first-order chi connectivity index (χ1) is 11.8. The number of Topliss-reactive ketones (excluding diaryl/α,β-unsaturated/α-hetero) is 1. The SMILES string of the molecule is CCC(=O)O[C@H]1C=C(CO)C(=O)[C@H](OC(=O)/C(C)=C/CO)[C@H]1C(C)C. The number of hydrogen-bond acceptors (Lipinski definition) is 7. The van der Waals surface area contributed by atoms with E-state index in [1.165, 1.54) is 19.1 Å². The number of ether oxygens (including phenoxy) is 2. The van der Waals surface area contributed by atoms with E-state index in [1.807, 2.05) is 13.8 Å². The standard InChI is InChI=1S/C18H26O7/c1-5-14(21)24-13-8-12(9-20)16(22)17(15(13)10(2)3)25-18(23)11(4)6-7-19/h6,8,10,13,15,17,19-20H,5,7,9H2,1-4H3/b11-6+/t13-,15-,17+/m0/s1. The Balaban J connectivity index is 3.20. The summed E-state index contributed by atoms with van der Waals surface area (Å²) in [6, 6.07) is 0. The number of ketones is 1. The maximum atomic E-state index is 12.6. The van der Waals surface area contributed by atoms with Crippen molar-refractivity contribution in [2.75, 3.05) is 13.2 Å². The van der Waals surface area contributed by atoms with E-state index in [9.17, 15) is 19.5 Å². The maximum Gasteiger partial charge on any atom is 0.334 e. The van der Waals surface area contributed by atoms with Crippen LogP contribution in [-0.2, 0) is 23.9 Å². The zero-order valence-electron chi connectivity index (χ0n) is 15.0. The lowest BCUT2D eigenvalue weighted by atomic mass is 9.77. The number of esters is 2. The van der Waals surface area contributed by atoms with Crippen LogP contribution in [0.2, 0.25) is 0 Å².